The van der Waals surface area contributed by atoms with Gasteiger partial charge in [0.15, 0.2) is 0 Å². The number of hydrogen-bond acceptors (Lipinski definition) is 5. The number of sulfonamides is 1. The van der Waals surface area contributed by atoms with Crippen molar-refractivity contribution in [2.45, 2.75) is 27.9 Å². The highest BCUT2D eigenvalue weighted by atomic mass is 32.2. The van der Waals surface area contributed by atoms with Crippen LogP contribution in [0.1, 0.15) is 12.8 Å². The van der Waals surface area contributed by atoms with Gasteiger partial charge in [0.05, 0.1) is 5.69 Å². The fourth-order valence-electron chi connectivity index (χ4n) is 1.85. The average molecular weight is 288 g/mol. The van der Waals surface area contributed by atoms with Gasteiger partial charge >= 0.3 is 0 Å². The summed E-state index contributed by atoms with van der Waals surface area (Å²) in [4.78, 5) is 0.771. The molecule has 1 heterocycles. The van der Waals surface area contributed by atoms with Gasteiger partial charge < -0.3 is 10.5 Å². The lowest BCUT2D eigenvalue weighted by atomic mass is 10.2. The molecule has 0 amide bonds. The third kappa shape index (κ3) is 3.17. The first kappa shape index (κ1) is 13.7. The number of rotatable bonds is 3. The lowest BCUT2D eigenvalue weighted by Crippen LogP contribution is -2.18. The highest BCUT2D eigenvalue weighted by Crippen LogP contribution is 2.35. The Morgan fingerprint density at radius 1 is 1.28 bits per heavy atom. The van der Waals surface area contributed by atoms with E-state index in [2.05, 4.69) is 0 Å². The van der Waals surface area contributed by atoms with Crippen LogP contribution in [0.2, 0.25) is 0 Å². The molecule has 0 aromatic heterocycles. The molecule has 4 N–H and O–H groups in total. The van der Waals surface area contributed by atoms with Crippen molar-refractivity contribution in [3.8, 4) is 0 Å². The SMILES string of the molecule is Nc1c(SC2CCOCC2)cccc1S(N)(=O)=O. The normalized spacial score (nSPS) is 17.8. The summed E-state index contributed by atoms with van der Waals surface area (Å²) in [5, 5.41) is 5.54. The van der Waals surface area contributed by atoms with Crippen LogP contribution in [0.4, 0.5) is 5.69 Å². The molecule has 0 radical (unpaired) electrons. The second-order valence-electron chi connectivity index (χ2n) is 4.14. The fraction of sp³-hybridized carbons (Fsp3) is 0.455. The average Bonchev–Trinajstić information content (AvgIpc) is 2.32. The van der Waals surface area contributed by atoms with E-state index in [1.807, 2.05) is 6.07 Å². The van der Waals surface area contributed by atoms with Gasteiger partial charge in [0, 0.05) is 23.4 Å². The van der Waals surface area contributed by atoms with Crippen LogP contribution in [0.3, 0.4) is 0 Å². The maximum absolute atomic E-state index is 11.4. The smallest absolute Gasteiger partial charge is 0.240 e. The van der Waals surface area contributed by atoms with E-state index in [1.165, 1.54) is 6.07 Å². The Hall–Kier alpha value is -0.760. The fourth-order valence-corrected chi connectivity index (χ4v) is 3.78. The van der Waals surface area contributed by atoms with Gasteiger partial charge in [-0.05, 0) is 25.0 Å². The number of para-hydroxylation sites is 1. The number of thioether (sulfide) groups is 1. The van der Waals surface area contributed by atoms with E-state index in [0.717, 1.165) is 31.0 Å². The molecule has 0 bridgehead atoms. The Labute approximate surface area is 111 Å². The minimum absolute atomic E-state index is 0.000408. The Morgan fingerprint density at radius 2 is 1.94 bits per heavy atom. The molecule has 1 aromatic carbocycles. The van der Waals surface area contributed by atoms with Crippen LogP contribution in [0, 0.1) is 0 Å². The maximum atomic E-state index is 11.4. The predicted molar refractivity (Wildman–Crippen MR) is 71.9 cm³/mol. The van der Waals surface area contributed by atoms with Crippen molar-refractivity contribution >= 4 is 27.5 Å². The third-order valence-electron chi connectivity index (χ3n) is 2.79. The summed E-state index contributed by atoms with van der Waals surface area (Å²) in [5.41, 5.74) is 6.12. The Morgan fingerprint density at radius 3 is 2.56 bits per heavy atom. The number of nitrogen functional groups attached to an aromatic ring is 1. The first-order chi connectivity index (χ1) is 8.48. The van der Waals surface area contributed by atoms with Gasteiger partial charge in [-0.1, -0.05) is 6.07 Å². The van der Waals surface area contributed by atoms with E-state index < -0.39 is 10.0 Å². The lowest BCUT2D eigenvalue weighted by Gasteiger charge is -2.22. The summed E-state index contributed by atoms with van der Waals surface area (Å²) < 4.78 is 28.0. The topological polar surface area (TPSA) is 95.4 Å². The van der Waals surface area contributed by atoms with E-state index in [4.69, 9.17) is 15.6 Å². The summed E-state index contributed by atoms with van der Waals surface area (Å²) in [7, 11) is -3.76. The number of anilines is 1. The van der Waals surface area contributed by atoms with Crippen LogP contribution in [-0.4, -0.2) is 26.9 Å². The molecule has 18 heavy (non-hydrogen) atoms. The molecule has 1 saturated heterocycles. The van der Waals surface area contributed by atoms with Crippen molar-refractivity contribution in [3.05, 3.63) is 18.2 Å². The van der Waals surface area contributed by atoms with Crippen LogP contribution >= 0.6 is 11.8 Å². The summed E-state index contributed by atoms with van der Waals surface area (Å²) in [5.74, 6) is 0. The van der Waals surface area contributed by atoms with Gasteiger partial charge in [0.1, 0.15) is 4.90 Å². The molecule has 1 fully saturated rings. The van der Waals surface area contributed by atoms with Crippen LogP contribution in [0.25, 0.3) is 0 Å². The third-order valence-corrected chi connectivity index (χ3v) is 5.18. The number of benzene rings is 1. The molecule has 7 heteroatoms. The number of ether oxygens (including phenoxy) is 1. The van der Waals surface area contributed by atoms with Crippen molar-refractivity contribution in [2.24, 2.45) is 5.14 Å². The number of primary sulfonamides is 1. The van der Waals surface area contributed by atoms with Gasteiger partial charge in [-0.3, -0.25) is 0 Å². The monoisotopic (exact) mass is 288 g/mol. The zero-order chi connectivity index (χ0) is 13.2. The van der Waals surface area contributed by atoms with Crippen molar-refractivity contribution in [2.75, 3.05) is 18.9 Å². The van der Waals surface area contributed by atoms with Gasteiger partial charge in [-0.25, -0.2) is 13.6 Å². The molecule has 1 aliphatic heterocycles. The predicted octanol–water partition coefficient (Wildman–Crippen LogP) is 1.19. The number of hydrogen-bond donors (Lipinski definition) is 2. The molecular weight excluding hydrogens is 272 g/mol. The minimum atomic E-state index is -3.76. The van der Waals surface area contributed by atoms with E-state index in [-0.39, 0.29) is 10.6 Å². The zero-order valence-electron chi connectivity index (χ0n) is 9.83. The lowest BCUT2D eigenvalue weighted by molar-refractivity contribution is 0.100. The molecule has 1 aromatic rings. The Balaban J connectivity index is 2.23. The van der Waals surface area contributed by atoms with Crippen molar-refractivity contribution in [1.82, 2.24) is 0 Å². The van der Waals surface area contributed by atoms with Crippen LogP contribution in [-0.2, 0) is 14.8 Å². The van der Waals surface area contributed by atoms with Crippen molar-refractivity contribution in [3.63, 3.8) is 0 Å². The van der Waals surface area contributed by atoms with E-state index >= 15 is 0 Å². The highest BCUT2D eigenvalue weighted by Gasteiger charge is 2.19. The van der Waals surface area contributed by atoms with Crippen LogP contribution < -0.4 is 10.9 Å². The molecule has 0 saturated carbocycles. The Kier molecular flexibility index (Phi) is 4.16. The molecular formula is C11H16N2O3S2. The van der Waals surface area contributed by atoms with Crippen LogP contribution in [0.15, 0.2) is 28.0 Å². The molecule has 100 valence electrons. The zero-order valence-corrected chi connectivity index (χ0v) is 11.5. The van der Waals surface area contributed by atoms with Crippen molar-refractivity contribution < 1.29 is 13.2 Å². The molecule has 5 nitrogen and oxygen atoms in total. The largest absolute Gasteiger partial charge is 0.397 e. The van der Waals surface area contributed by atoms with Crippen molar-refractivity contribution in [1.29, 1.82) is 0 Å². The highest BCUT2D eigenvalue weighted by molar-refractivity contribution is 8.00. The first-order valence-corrected chi connectivity index (χ1v) is 8.07. The minimum Gasteiger partial charge on any atom is -0.397 e. The van der Waals surface area contributed by atoms with Gasteiger partial charge in [0.25, 0.3) is 0 Å². The van der Waals surface area contributed by atoms with Crippen LogP contribution in [0.5, 0.6) is 0 Å². The molecule has 1 aliphatic rings. The maximum Gasteiger partial charge on any atom is 0.240 e. The molecule has 0 atom stereocenters. The summed E-state index contributed by atoms with van der Waals surface area (Å²) in [6.45, 7) is 1.49. The standard InChI is InChI=1S/C11H16N2O3S2/c12-11-9(17-8-4-6-16-7-5-8)2-1-3-10(11)18(13,14)15/h1-3,8H,4-7,12H2,(H2,13,14,15). The van der Waals surface area contributed by atoms with Gasteiger partial charge in [-0.2, -0.15) is 0 Å². The van der Waals surface area contributed by atoms with Gasteiger partial charge in [0.2, 0.25) is 10.0 Å². The number of nitrogens with two attached hydrogens (primary N) is 2. The van der Waals surface area contributed by atoms with E-state index in [0.29, 0.717) is 5.25 Å². The van der Waals surface area contributed by atoms with E-state index in [1.54, 1.807) is 17.8 Å². The van der Waals surface area contributed by atoms with E-state index in [9.17, 15) is 8.42 Å². The molecule has 0 aliphatic carbocycles. The second-order valence-corrected chi connectivity index (χ2v) is 7.01. The molecule has 0 unspecified atom stereocenters. The summed E-state index contributed by atoms with van der Waals surface area (Å²) in [6, 6.07) is 4.92. The second kappa shape index (κ2) is 5.48. The molecule has 0 spiro atoms. The summed E-state index contributed by atoms with van der Waals surface area (Å²) in [6.07, 6.45) is 1.90. The summed E-state index contributed by atoms with van der Waals surface area (Å²) >= 11 is 1.60. The van der Waals surface area contributed by atoms with Gasteiger partial charge in [-0.15, -0.1) is 11.8 Å². The molecule has 2 rings (SSSR count). The Bertz CT molecular complexity index is 525. The first-order valence-electron chi connectivity index (χ1n) is 5.64. The quantitative estimate of drug-likeness (QED) is 0.814.